The molecule has 2 unspecified atom stereocenters. The fourth-order valence-corrected chi connectivity index (χ4v) is 3.08. The Labute approximate surface area is 125 Å². The molecule has 0 fully saturated rings. The number of fused-ring (bicyclic) bond motifs is 1. The molecule has 0 aromatic heterocycles. The summed E-state index contributed by atoms with van der Waals surface area (Å²) in [6.07, 6.45) is 0.406. The van der Waals surface area contributed by atoms with E-state index in [0.29, 0.717) is 6.42 Å². The van der Waals surface area contributed by atoms with Gasteiger partial charge in [0.1, 0.15) is 17.7 Å². The molecule has 20 heavy (non-hydrogen) atoms. The average Bonchev–Trinajstić information content (AvgIpc) is 2.42. The Morgan fingerprint density at radius 3 is 2.80 bits per heavy atom. The third-order valence-corrected chi connectivity index (χ3v) is 4.33. The number of aryl methyl sites for hydroxylation is 1. The van der Waals surface area contributed by atoms with E-state index in [2.05, 4.69) is 22.0 Å². The zero-order valence-electron chi connectivity index (χ0n) is 11.1. The lowest BCUT2D eigenvalue weighted by atomic mass is 9.92. The highest BCUT2D eigenvalue weighted by Gasteiger charge is 2.28. The highest BCUT2D eigenvalue weighted by atomic mass is 79.9. The maximum Gasteiger partial charge on any atom is 0.127 e. The number of hydrogen-bond donors (Lipinski definition) is 1. The van der Waals surface area contributed by atoms with E-state index in [1.54, 1.807) is 6.07 Å². The Morgan fingerprint density at radius 2 is 2.00 bits per heavy atom. The standard InChI is InChI=1S/C16H15BrFNO/c1-9-2-5-15-12(6-9)14(19)8-16(20-15)11-7-10(18)3-4-13(11)17/h2-7,14,16H,8,19H2,1H3. The van der Waals surface area contributed by atoms with Gasteiger partial charge in [-0.2, -0.15) is 0 Å². The van der Waals surface area contributed by atoms with Gasteiger partial charge in [-0.1, -0.05) is 33.6 Å². The van der Waals surface area contributed by atoms with Gasteiger partial charge in [0.05, 0.1) is 0 Å². The molecule has 0 spiro atoms. The maximum atomic E-state index is 13.4. The Hall–Kier alpha value is -1.39. The van der Waals surface area contributed by atoms with E-state index in [1.165, 1.54) is 12.1 Å². The van der Waals surface area contributed by atoms with Crippen LogP contribution in [0.25, 0.3) is 0 Å². The van der Waals surface area contributed by atoms with E-state index >= 15 is 0 Å². The molecule has 2 atom stereocenters. The van der Waals surface area contributed by atoms with E-state index in [9.17, 15) is 4.39 Å². The van der Waals surface area contributed by atoms with Crippen LogP contribution >= 0.6 is 15.9 Å². The second-order valence-corrected chi connectivity index (χ2v) is 6.01. The minimum Gasteiger partial charge on any atom is -0.485 e. The number of halogens is 2. The summed E-state index contributed by atoms with van der Waals surface area (Å²) in [6, 6.07) is 10.5. The van der Waals surface area contributed by atoms with E-state index in [0.717, 1.165) is 26.9 Å². The van der Waals surface area contributed by atoms with Crippen LogP contribution in [-0.2, 0) is 0 Å². The van der Waals surface area contributed by atoms with Crippen LogP contribution < -0.4 is 10.5 Å². The van der Waals surface area contributed by atoms with Crippen LogP contribution in [0.4, 0.5) is 4.39 Å². The monoisotopic (exact) mass is 335 g/mol. The zero-order valence-corrected chi connectivity index (χ0v) is 12.7. The van der Waals surface area contributed by atoms with Crippen LogP contribution in [0.2, 0.25) is 0 Å². The predicted molar refractivity (Wildman–Crippen MR) is 80.2 cm³/mol. The van der Waals surface area contributed by atoms with Crippen LogP contribution in [0.3, 0.4) is 0 Å². The first kappa shape index (κ1) is 13.6. The van der Waals surface area contributed by atoms with Crippen molar-refractivity contribution in [1.82, 2.24) is 0 Å². The molecule has 2 N–H and O–H groups in total. The third kappa shape index (κ3) is 2.45. The molecule has 0 saturated heterocycles. The molecular formula is C16H15BrFNO. The van der Waals surface area contributed by atoms with Crippen molar-refractivity contribution in [3.63, 3.8) is 0 Å². The van der Waals surface area contributed by atoms with E-state index in [-0.39, 0.29) is 18.0 Å². The topological polar surface area (TPSA) is 35.2 Å². The lowest BCUT2D eigenvalue weighted by molar-refractivity contribution is 0.160. The summed E-state index contributed by atoms with van der Waals surface area (Å²) in [5, 5.41) is 0. The molecule has 3 rings (SSSR count). The molecule has 0 saturated carbocycles. The molecule has 4 heteroatoms. The molecule has 0 aliphatic carbocycles. The van der Waals surface area contributed by atoms with Gasteiger partial charge in [0, 0.05) is 28.1 Å². The van der Waals surface area contributed by atoms with Crippen molar-refractivity contribution < 1.29 is 9.13 Å². The third-order valence-electron chi connectivity index (χ3n) is 3.61. The summed E-state index contributed by atoms with van der Waals surface area (Å²) in [7, 11) is 0. The van der Waals surface area contributed by atoms with E-state index in [4.69, 9.17) is 10.5 Å². The number of hydrogen-bond acceptors (Lipinski definition) is 2. The number of ether oxygens (including phenoxy) is 1. The lowest BCUT2D eigenvalue weighted by Gasteiger charge is -2.31. The van der Waals surface area contributed by atoms with Crippen molar-refractivity contribution >= 4 is 15.9 Å². The van der Waals surface area contributed by atoms with Gasteiger partial charge in [-0.15, -0.1) is 0 Å². The van der Waals surface area contributed by atoms with Gasteiger partial charge in [0.15, 0.2) is 0 Å². The molecular weight excluding hydrogens is 321 g/mol. The van der Waals surface area contributed by atoms with Crippen LogP contribution in [0.1, 0.15) is 35.3 Å². The fourth-order valence-electron chi connectivity index (χ4n) is 2.58. The Kier molecular flexibility index (Phi) is 3.52. The zero-order chi connectivity index (χ0) is 14.3. The fraction of sp³-hybridized carbons (Fsp3) is 0.250. The summed E-state index contributed by atoms with van der Waals surface area (Å²) >= 11 is 3.45. The van der Waals surface area contributed by atoms with Crippen LogP contribution in [0.15, 0.2) is 40.9 Å². The van der Waals surface area contributed by atoms with Gasteiger partial charge in [-0.25, -0.2) is 4.39 Å². The minimum atomic E-state index is -0.268. The largest absolute Gasteiger partial charge is 0.485 e. The summed E-state index contributed by atoms with van der Waals surface area (Å²) in [6.45, 7) is 2.03. The average molecular weight is 336 g/mol. The van der Waals surface area contributed by atoms with Gasteiger partial charge in [0.2, 0.25) is 0 Å². The normalized spacial score (nSPS) is 21.2. The molecule has 0 radical (unpaired) electrons. The lowest BCUT2D eigenvalue weighted by Crippen LogP contribution is -2.24. The second-order valence-electron chi connectivity index (χ2n) is 5.16. The number of nitrogens with two attached hydrogens (primary N) is 1. The molecule has 1 aliphatic rings. The SMILES string of the molecule is Cc1ccc2c(c1)C(N)CC(c1cc(F)ccc1Br)O2. The highest BCUT2D eigenvalue weighted by molar-refractivity contribution is 9.10. The van der Waals surface area contributed by atoms with Gasteiger partial charge < -0.3 is 10.5 Å². The van der Waals surface area contributed by atoms with Gasteiger partial charge in [-0.3, -0.25) is 0 Å². The Bertz CT molecular complexity index is 659. The van der Waals surface area contributed by atoms with E-state index < -0.39 is 0 Å². The minimum absolute atomic E-state index is 0.0983. The van der Waals surface area contributed by atoms with Crippen LogP contribution in [-0.4, -0.2) is 0 Å². The molecule has 1 aliphatic heterocycles. The molecule has 2 aromatic rings. The van der Waals surface area contributed by atoms with Crippen molar-refractivity contribution in [3.8, 4) is 5.75 Å². The molecule has 2 nitrogen and oxygen atoms in total. The molecule has 2 aromatic carbocycles. The summed E-state index contributed by atoms with van der Waals surface area (Å²) in [5.74, 6) is 0.519. The molecule has 0 amide bonds. The Morgan fingerprint density at radius 1 is 1.20 bits per heavy atom. The molecule has 0 bridgehead atoms. The summed E-state index contributed by atoms with van der Waals surface area (Å²) in [5.41, 5.74) is 9.22. The number of benzene rings is 2. The van der Waals surface area contributed by atoms with Crippen molar-refractivity contribution in [2.75, 3.05) is 0 Å². The molecule has 1 heterocycles. The van der Waals surface area contributed by atoms with Crippen molar-refractivity contribution in [2.24, 2.45) is 5.73 Å². The number of rotatable bonds is 1. The quantitative estimate of drug-likeness (QED) is 0.837. The molecule has 104 valence electrons. The summed E-state index contributed by atoms with van der Waals surface area (Å²) in [4.78, 5) is 0. The van der Waals surface area contributed by atoms with Crippen molar-refractivity contribution in [2.45, 2.75) is 25.5 Å². The predicted octanol–water partition coefficient (Wildman–Crippen LogP) is 4.42. The maximum absolute atomic E-state index is 13.4. The van der Waals surface area contributed by atoms with Crippen LogP contribution in [0.5, 0.6) is 5.75 Å². The highest BCUT2D eigenvalue weighted by Crippen LogP contribution is 2.41. The van der Waals surface area contributed by atoms with Crippen molar-refractivity contribution in [1.29, 1.82) is 0 Å². The second kappa shape index (κ2) is 5.19. The smallest absolute Gasteiger partial charge is 0.127 e. The van der Waals surface area contributed by atoms with Gasteiger partial charge in [0.25, 0.3) is 0 Å². The van der Waals surface area contributed by atoms with Crippen LogP contribution in [0, 0.1) is 12.7 Å². The van der Waals surface area contributed by atoms with Gasteiger partial charge in [-0.05, 0) is 31.2 Å². The van der Waals surface area contributed by atoms with Gasteiger partial charge >= 0.3 is 0 Å². The van der Waals surface area contributed by atoms with E-state index in [1.807, 2.05) is 19.1 Å². The van der Waals surface area contributed by atoms with Crippen molar-refractivity contribution in [3.05, 3.63) is 63.4 Å². The first-order valence-electron chi connectivity index (χ1n) is 6.52. The first-order valence-corrected chi connectivity index (χ1v) is 7.31. The summed E-state index contributed by atoms with van der Waals surface area (Å²) < 4.78 is 20.3. The first-order chi connectivity index (χ1) is 9.54. The Balaban J connectivity index is 1.99.